The number of rotatable bonds is 3. The molecule has 0 spiro atoms. The summed E-state index contributed by atoms with van der Waals surface area (Å²) in [7, 11) is 0. The molecule has 0 unspecified atom stereocenters. The van der Waals surface area contributed by atoms with Gasteiger partial charge in [0.1, 0.15) is 18.2 Å². The summed E-state index contributed by atoms with van der Waals surface area (Å²) in [6, 6.07) is 8.29. The van der Waals surface area contributed by atoms with Gasteiger partial charge in [-0.25, -0.2) is 4.39 Å². The molecule has 0 bridgehead atoms. The fourth-order valence-corrected chi connectivity index (χ4v) is 1.53. The summed E-state index contributed by atoms with van der Waals surface area (Å²) in [6.07, 6.45) is 3.39. The first kappa shape index (κ1) is 13.4. The second kappa shape index (κ2) is 6.77. The van der Waals surface area contributed by atoms with E-state index in [4.69, 9.17) is 16.3 Å². The SMILES string of the molecule is Fc1cc(OCc2cccnc2)ccc1C#CCCl. The zero-order valence-electron chi connectivity index (χ0n) is 10.1. The van der Waals surface area contributed by atoms with Gasteiger partial charge in [-0.3, -0.25) is 4.98 Å². The Morgan fingerprint density at radius 1 is 1.32 bits per heavy atom. The third-order valence-corrected chi connectivity index (χ3v) is 2.49. The van der Waals surface area contributed by atoms with Crippen molar-refractivity contribution in [1.29, 1.82) is 0 Å². The third-order valence-electron chi connectivity index (χ3n) is 2.36. The van der Waals surface area contributed by atoms with Crippen LogP contribution in [-0.2, 0) is 6.61 Å². The topological polar surface area (TPSA) is 22.1 Å². The molecule has 0 amide bonds. The summed E-state index contributed by atoms with van der Waals surface area (Å²) >= 11 is 5.43. The average Bonchev–Trinajstić information content (AvgIpc) is 2.45. The van der Waals surface area contributed by atoms with E-state index >= 15 is 0 Å². The first-order valence-electron chi connectivity index (χ1n) is 5.65. The molecule has 2 aromatic rings. The van der Waals surface area contributed by atoms with Crippen molar-refractivity contribution in [2.75, 3.05) is 5.88 Å². The van der Waals surface area contributed by atoms with E-state index in [-0.39, 0.29) is 5.88 Å². The highest BCUT2D eigenvalue weighted by Crippen LogP contribution is 2.17. The standard InChI is InChI=1S/C15H11ClFNO/c16-7-1-4-13-5-6-14(9-15(13)17)19-11-12-3-2-8-18-10-12/h2-3,5-6,8-10H,7,11H2. The molecule has 0 aliphatic rings. The van der Waals surface area contributed by atoms with E-state index in [2.05, 4.69) is 16.8 Å². The predicted octanol–water partition coefficient (Wildman–Crippen LogP) is 3.39. The lowest BCUT2D eigenvalue weighted by Gasteiger charge is -2.06. The van der Waals surface area contributed by atoms with Crippen molar-refractivity contribution < 1.29 is 9.13 Å². The van der Waals surface area contributed by atoms with Crippen molar-refractivity contribution in [1.82, 2.24) is 4.98 Å². The monoisotopic (exact) mass is 275 g/mol. The van der Waals surface area contributed by atoms with Gasteiger partial charge in [0.15, 0.2) is 0 Å². The molecule has 0 aliphatic carbocycles. The zero-order chi connectivity index (χ0) is 13.5. The van der Waals surface area contributed by atoms with E-state index < -0.39 is 5.82 Å². The van der Waals surface area contributed by atoms with Crippen LogP contribution < -0.4 is 4.74 Å². The van der Waals surface area contributed by atoms with Crippen LogP contribution in [0, 0.1) is 17.7 Å². The number of aromatic nitrogens is 1. The lowest BCUT2D eigenvalue weighted by Crippen LogP contribution is -1.96. The molecule has 0 fully saturated rings. The summed E-state index contributed by atoms with van der Waals surface area (Å²) in [5, 5.41) is 0. The van der Waals surface area contributed by atoms with Crippen LogP contribution in [0.25, 0.3) is 0 Å². The summed E-state index contributed by atoms with van der Waals surface area (Å²) in [5.41, 5.74) is 1.24. The second-order valence-electron chi connectivity index (χ2n) is 3.73. The van der Waals surface area contributed by atoms with E-state index in [1.807, 2.05) is 12.1 Å². The fourth-order valence-electron chi connectivity index (χ4n) is 1.47. The fraction of sp³-hybridized carbons (Fsp3) is 0.133. The van der Waals surface area contributed by atoms with Crippen molar-refractivity contribution in [2.45, 2.75) is 6.61 Å². The molecule has 0 saturated heterocycles. The van der Waals surface area contributed by atoms with Gasteiger partial charge in [0.05, 0.1) is 11.4 Å². The van der Waals surface area contributed by atoms with Crippen LogP contribution in [0.5, 0.6) is 5.75 Å². The molecule has 4 heteroatoms. The van der Waals surface area contributed by atoms with E-state index in [0.29, 0.717) is 17.9 Å². The molecule has 0 atom stereocenters. The number of alkyl halides is 1. The zero-order valence-corrected chi connectivity index (χ0v) is 10.8. The lowest BCUT2D eigenvalue weighted by atomic mass is 10.2. The van der Waals surface area contributed by atoms with E-state index in [0.717, 1.165) is 5.56 Å². The van der Waals surface area contributed by atoms with Crippen molar-refractivity contribution in [3.63, 3.8) is 0 Å². The summed E-state index contributed by atoms with van der Waals surface area (Å²) in [5.74, 6) is 5.47. The molecule has 0 radical (unpaired) electrons. The molecule has 0 aliphatic heterocycles. The summed E-state index contributed by atoms with van der Waals surface area (Å²) < 4.78 is 19.1. The van der Waals surface area contributed by atoms with Gasteiger partial charge in [-0.2, -0.15) is 0 Å². The van der Waals surface area contributed by atoms with Crippen LogP contribution in [0.3, 0.4) is 0 Å². The van der Waals surface area contributed by atoms with Crippen molar-refractivity contribution >= 4 is 11.6 Å². The Morgan fingerprint density at radius 2 is 2.21 bits per heavy atom. The van der Waals surface area contributed by atoms with Crippen LogP contribution in [0.2, 0.25) is 0 Å². The smallest absolute Gasteiger partial charge is 0.142 e. The largest absolute Gasteiger partial charge is 0.489 e. The Labute approximate surface area is 116 Å². The molecule has 0 saturated carbocycles. The Kier molecular flexibility index (Phi) is 4.77. The molecule has 19 heavy (non-hydrogen) atoms. The predicted molar refractivity (Wildman–Crippen MR) is 72.6 cm³/mol. The lowest BCUT2D eigenvalue weighted by molar-refractivity contribution is 0.304. The van der Waals surface area contributed by atoms with E-state index in [1.165, 1.54) is 6.07 Å². The number of benzene rings is 1. The first-order chi connectivity index (χ1) is 9.29. The molecule has 1 aromatic carbocycles. The molecule has 2 rings (SSSR count). The summed E-state index contributed by atoms with van der Waals surface area (Å²) in [4.78, 5) is 3.98. The van der Waals surface area contributed by atoms with Crippen LogP contribution in [-0.4, -0.2) is 10.9 Å². The Bertz CT molecular complexity index is 605. The van der Waals surface area contributed by atoms with Crippen LogP contribution >= 0.6 is 11.6 Å². The van der Waals surface area contributed by atoms with Gasteiger partial charge < -0.3 is 4.74 Å². The Morgan fingerprint density at radius 3 is 2.89 bits per heavy atom. The maximum Gasteiger partial charge on any atom is 0.142 e. The highest BCUT2D eigenvalue weighted by molar-refractivity contribution is 6.19. The number of hydrogen-bond donors (Lipinski definition) is 0. The van der Waals surface area contributed by atoms with Crippen molar-refractivity contribution in [3.8, 4) is 17.6 Å². The Hall–Kier alpha value is -2.05. The minimum atomic E-state index is -0.415. The highest BCUT2D eigenvalue weighted by Gasteiger charge is 2.02. The molecular formula is C15H11ClFNO. The molecule has 1 aromatic heterocycles. The van der Waals surface area contributed by atoms with Crippen molar-refractivity contribution in [3.05, 3.63) is 59.7 Å². The number of halogens is 2. The maximum absolute atomic E-state index is 13.7. The van der Waals surface area contributed by atoms with Crippen LogP contribution in [0.15, 0.2) is 42.7 Å². The summed E-state index contributed by atoms with van der Waals surface area (Å²) in [6.45, 7) is 0.347. The Balaban J connectivity index is 2.04. The number of hydrogen-bond acceptors (Lipinski definition) is 2. The van der Waals surface area contributed by atoms with Crippen molar-refractivity contribution in [2.24, 2.45) is 0 Å². The van der Waals surface area contributed by atoms with Gasteiger partial charge in [-0.15, -0.1) is 11.6 Å². The number of pyridine rings is 1. The van der Waals surface area contributed by atoms with E-state index in [9.17, 15) is 4.39 Å². The number of nitrogens with zero attached hydrogens (tertiary/aromatic N) is 1. The van der Waals surface area contributed by atoms with E-state index in [1.54, 1.807) is 24.5 Å². The van der Waals surface area contributed by atoms with Gasteiger partial charge in [0.2, 0.25) is 0 Å². The van der Waals surface area contributed by atoms with Gasteiger partial charge in [-0.1, -0.05) is 17.9 Å². The van der Waals surface area contributed by atoms with Gasteiger partial charge in [0.25, 0.3) is 0 Å². The van der Waals surface area contributed by atoms with Gasteiger partial charge in [-0.05, 0) is 18.2 Å². The molecule has 1 heterocycles. The van der Waals surface area contributed by atoms with Gasteiger partial charge in [0, 0.05) is 24.0 Å². The minimum Gasteiger partial charge on any atom is -0.489 e. The second-order valence-corrected chi connectivity index (χ2v) is 3.99. The third kappa shape index (κ3) is 3.97. The highest BCUT2D eigenvalue weighted by atomic mass is 35.5. The van der Waals surface area contributed by atoms with Gasteiger partial charge >= 0.3 is 0 Å². The van der Waals surface area contributed by atoms with Crippen LogP contribution in [0.4, 0.5) is 4.39 Å². The number of ether oxygens (including phenoxy) is 1. The average molecular weight is 276 g/mol. The quantitative estimate of drug-likeness (QED) is 0.633. The molecule has 96 valence electrons. The first-order valence-corrected chi connectivity index (χ1v) is 6.19. The minimum absolute atomic E-state index is 0.179. The molecular weight excluding hydrogens is 265 g/mol. The molecule has 0 N–H and O–H groups in total. The normalized spacial score (nSPS) is 9.58. The van der Waals surface area contributed by atoms with Crippen LogP contribution in [0.1, 0.15) is 11.1 Å². The maximum atomic E-state index is 13.7. The molecule has 2 nitrogen and oxygen atoms in total.